The van der Waals surface area contributed by atoms with E-state index >= 15 is 0 Å². The zero-order chi connectivity index (χ0) is 14.8. The molecule has 1 aliphatic heterocycles. The molecule has 2 unspecified atom stereocenters. The van der Waals surface area contributed by atoms with E-state index in [9.17, 15) is 9.90 Å². The Balaban J connectivity index is 1.81. The minimum absolute atomic E-state index is 0.229. The highest BCUT2D eigenvalue weighted by Crippen LogP contribution is 2.31. The number of aromatic carboxylic acids is 1. The van der Waals surface area contributed by atoms with Gasteiger partial charge in [0.15, 0.2) is 0 Å². The minimum Gasteiger partial charge on any atom is -0.477 e. The second-order valence-electron chi connectivity index (χ2n) is 5.43. The second-order valence-corrected chi connectivity index (χ2v) is 6.48. The van der Waals surface area contributed by atoms with E-state index in [0.717, 1.165) is 35.1 Å². The largest absolute Gasteiger partial charge is 0.477 e. The predicted molar refractivity (Wildman–Crippen MR) is 84.1 cm³/mol. The van der Waals surface area contributed by atoms with Gasteiger partial charge in [-0.2, -0.15) is 0 Å². The molecule has 0 radical (unpaired) electrons. The van der Waals surface area contributed by atoms with Crippen molar-refractivity contribution in [3.05, 3.63) is 34.7 Å². The van der Waals surface area contributed by atoms with Gasteiger partial charge in [0, 0.05) is 23.9 Å². The highest BCUT2D eigenvalue weighted by molar-refractivity contribution is 7.21. The number of nitrogens with one attached hydrogen (secondary N) is 1. The van der Waals surface area contributed by atoms with Crippen molar-refractivity contribution < 1.29 is 14.6 Å². The van der Waals surface area contributed by atoms with Crippen LogP contribution < -0.4 is 5.32 Å². The summed E-state index contributed by atoms with van der Waals surface area (Å²) in [6.45, 7) is 3.50. The molecular weight excluding hydrogens is 286 g/mol. The molecule has 112 valence electrons. The molecule has 4 nitrogen and oxygen atoms in total. The fourth-order valence-corrected chi connectivity index (χ4v) is 3.90. The summed E-state index contributed by atoms with van der Waals surface area (Å²) in [5.41, 5.74) is 0.882. The molecule has 5 heteroatoms. The number of ether oxygens (including phenoxy) is 1. The third-order valence-electron chi connectivity index (χ3n) is 4.02. The monoisotopic (exact) mass is 305 g/mol. The van der Waals surface area contributed by atoms with Crippen LogP contribution >= 0.6 is 11.3 Å². The van der Waals surface area contributed by atoms with Gasteiger partial charge in [0.05, 0.1) is 6.10 Å². The van der Waals surface area contributed by atoms with E-state index in [0.29, 0.717) is 11.4 Å². The van der Waals surface area contributed by atoms with Gasteiger partial charge in [0.25, 0.3) is 0 Å². The van der Waals surface area contributed by atoms with Crippen LogP contribution in [0.2, 0.25) is 0 Å². The van der Waals surface area contributed by atoms with Gasteiger partial charge in [0.2, 0.25) is 0 Å². The number of fused-ring (bicyclic) bond motifs is 1. The summed E-state index contributed by atoms with van der Waals surface area (Å²) in [5, 5.41) is 13.9. The molecular formula is C16H19NO3S. The maximum absolute atomic E-state index is 11.5. The van der Waals surface area contributed by atoms with E-state index in [1.807, 2.05) is 24.3 Å². The van der Waals surface area contributed by atoms with Crippen LogP contribution in [0.25, 0.3) is 10.1 Å². The maximum Gasteiger partial charge on any atom is 0.346 e. The molecule has 0 saturated carbocycles. The Morgan fingerprint density at radius 1 is 1.52 bits per heavy atom. The van der Waals surface area contributed by atoms with Crippen LogP contribution in [0.3, 0.4) is 0 Å². The molecule has 1 aromatic carbocycles. The van der Waals surface area contributed by atoms with E-state index < -0.39 is 5.97 Å². The molecule has 2 heterocycles. The minimum atomic E-state index is -0.849. The lowest BCUT2D eigenvalue weighted by Crippen LogP contribution is -2.36. The number of thiophene rings is 1. The predicted octanol–water partition coefficient (Wildman–Crippen LogP) is 3.26. The summed E-state index contributed by atoms with van der Waals surface area (Å²) >= 11 is 1.35. The van der Waals surface area contributed by atoms with E-state index in [2.05, 4.69) is 12.2 Å². The second kappa shape index (κ2) is 6.13. The Bertz CT molecular complexity index is 646. The standard InChI is InChI=1S/C16H19NO3S/c1-10(13-6-4-8-20-13)17-9-12-11-5-2-3-7-14(11)21-15(12)16(18)19/h2-3,5,7,10,13,17H,4,6,8-9H2,1H3,(H,18,19). The van der Waals surface area contributed by atoms with Crippen molar-refractivity contribution in [1.82, 2.24) is 5.32 Å². The van der Waals surface area contributed by atoms with E-state index in [4.69, 9.17) is 4.74 Å². The molecule has 1 fully saturated rings. The van der Waals surface area contributed by atoms with Crippen molar-refractivity contribution in [3.8, 4) is 0 Å². The third-order valence-corrected chi connectivity index (χ3v) is 5.22. The average Bonchev–Trinajstić information content (AvgIpc) is 3.12. The molecule has 1 saturated heterocycles. The van der Waals surface area contributed by atoms with Gasteiger partial charge >= 0.3 is 5.97 Å². The van der Waals surface area contributed by atoms with E-state index in [1.165, 1.54) is 11.3 Å². The number of benzene rings is 1. The Labute approximate surface area is 127 Å². The van der Waals surface area contributed by atoms with Gasteiger partial charge in [-0.3, -0.25) is 0 Å². The van der Waals surface area contributed by atoms with Gasteiger partial charge in [-0.1, -0.05) is 18.2 Å². The summed E-state index contributed by atoms with van der Waals surface area (Å²) in [4.78, 5) is 11.9. The Hall–Kier alpha value is -1.43. The zero-order valence-electron chi connectivity index (χ0n) is 12.0. The first kappa shape index (κ1) is 14.5. The van der Waals surface area contributed by atoms with Crippen molar-refractivity contribution in [2.24, 2.45) is 0 Å². The number of hydrogen-bond acceptors (Lipinski definition) is 4. The molecule has 21 heavy (non-hydrogen) atoms. The molecule has 1 aliphatic rings. The van der Waals surface area contributed by atoms with Gasteiger partial charge in [-0.15, -0.1) is 11.3 Å². The first-order chi connectivity index (χ1) is 10.2. The van der Waals surface area contributed by atoms with Crippen molar-refractivity contribution in [3.63, 3.8) is 0 Å². The van der Waals surface area contributed by atoms with Crippen molar-refractivity contribution in [1.29, 1.82) is 0 Å². The number of hydrogen-bond donors (Lipinski definition) is 2. The average molecular weight is 305 g/mol. The summed E-state index contributed by atoms with van der Waals surface area (Å²) < 4.78 is 6.70. The van der Waals surface area contributed by atoms with Crippen LogP contribution in [0.5, 0.6) is 0 Å². The first-order valence-corrected chi connectivity index (χ1v) is 8.07. The van der Waals surface area contributed by atoms with Crippen molar-refractivity contribution in [2.45, 2.75) is 38.5 Å². The molecule has 1 aromatic heterocycles. The Morgan fingerprint density at radius 3 is 3.05 bits per heavy atom. The van der Waals surface area contributed by atoms with Crippen LogP contribution in [0.1, 0.15) is 35.0 Å². The zero-order valence-corrected chi connectivity index (χ0v) is 12.8. The smallest absolute Gasteiger partial charge is 0.346 e. The molecule has 0 amide bonds. The van der Waals surface area contributed by atoms with E-state index in [1.54, 1.807) is 0 Å². The fourth-order valence-electron chi connectivity index (χ4n) is 2.84. The Kier molecular flexibility index (Phi) is 4.24. The summed E-state index contributed by atoms with van der Waals surface area (Å²) in [6, 6.07) is 8.09. The highest BCUT2D eigenvalue weighted by atomic mass is 32.1. The lowest BCUT2D eigenvalue weighted by atomic mass is 10.1. The topological polar surface area (TPSA) is 58.6 Å². The van der Waals surface area contributed by atoms with Crippen molar-refractivity contribution in [2.75, 3.05) is 6.61 Å². The number of carbonyl (C=O) groups is 1. The molecule has 2 aromatic rings. The normalized spacial score (nSPS) is 20.0. The Morgan fingerprint density at radius 2 is 2.33 bits per heavy atom. The lowest BCUT2D eigenvalue weighted by Gasteiger charge is -2.20. The molecule has 2 N–H and O–H groups in total. The maximum atomic E-state index is 11.5. The third kappa shape index (κ3) is 2.95. The molecule has 3 rings (SSSR count). The van der Waals surface area contributed by atoms with Crippen LogP contribution in [0.15, 0.2) is 24.3 Å². The summed E-state index contributed by atoms with van der Waals surface area (Å²) in [7, 11) is 0. The quantitative estimate of drug-likeness (QED) is 0.890. The summed E-state index contributed by atoms with van der Waals surface area (Å²) in [5.74, 6) is -0.849. The fraction of sp³-hybridized carbons (Fsp3) is 0.438. The summed E-state index contributed by atoms with van der Waals surface area (Å²) in [6.07, 6.45) is 2.42. The van der Waals surface area contributed by atoms with Gasteiger partial charge in [-0.05, 0) is 36.8 Å². The van der Waals surface area contributed by atoms with Crippen LogP contribution in [-0.2, 0) is 11.3 Å². The van der Waals surface area contributed by atoms with E-state index in [-0.39, 0.29) is 12.1 Å². The van der Waals surface area contributed by atoms with Crippen LogP contribution in [-0.4, -0.2) is 29.8 Å². The molecule has 0 bridgehead atoms. The number of carboxylic acid groups (broad SMARTS) is 1. The lowest BCUT2D eigenvalue weighted by molar-refractivity contribution is 0.0700. The number of rotatable bonds is 5. The molecule has 0 aliphatic carbocycles. The molecule has 2 atom stereocenters. The highest BCUT2D eigenvalue weighted by Gasteiger charge is 2.23. The van der Waals surface area contributed by atoms with Gasteiger partial charge in [0.1, 0.15) is 4.88 Å². The molecule has 0 spiro atoms. The first-order valence-electron chi connectivity index (χ1n) is 7.25. The van der Waals surface area contributed by atoms with Gasteiger partial charge < -0.3 is 15.2 Å². The number of carboxylic acids is 1. The van der Waals surface area contributed by atoms with Crippen LogP contribution in [0.4, 0.5) is 0 Å². The van der Waals surface area contributed by atoms with Crippen LogP contribution in [0, 0.1) is 0 Å². The SMILES string of the molecule is CC(NCc1c(C(=O)O)sc2ccccc12)C1CCCO1. The van der Waals surface area contributed by atoms with Crippen molar-refractivity contribution >= 4 is 27.4 Å². The van der Waals surface area contributed by atoms with Gasteiger partial charge in [-0.25, -0.2) is 4.79 Å².